The second-order valence-electron chi connectivity index (χ2n) is 7.16. The van der Waals surface area contributed by atoms with Crippen LogP contribution < -0.4 is 10.6 Å². The Morgan fingerprint density at radius 3 is 2.53 bits per heavy atom. The van der Waals surface area contributed by atoms with Crippen LogP contribution in [0, 0.1) is 5.82 Å². The molecule has 4 aromatic rings. The van der Waals surface area contributed by atoms with E-state index < -0.39 is 41.6 Å². The summed E-state index contributed by atoms with van der Waals surface area (Å²) in [6, 6.07) is 7.88. The van der Waals surface area contributed by atoms with Crippen molar-refractivity contribution in [1.82, 2.24) is 14.5 Å². The van der Waals surface area contributed by atoms with Gasteiger partial charge in [0.15, 0.2) is 11.0 Å². The van der Waals surface area contributed by atoms with Crippen LogP contribution in [0.4, 0.5) is 33.2 Å². The van der Waals surface area contributed by atoms with E-state index in [0.717, 1.165) is 34.2 Å². The number of nitrogens with one attached hydrogen (secondary N) is 2. The number of aromatic nitrogens is 3. The first-order valence-electron chi connectivity index (χ1n) is 9.78. The number of hydrogen-bond acceptors (Lipinski definition) is 6. The minimum Gasteiger partial charge on any atom is -0.395 e. The number of halogens is 4. The van der Waals surface area contributed by atoms with Crippen LogP contribution in [0.25, 0.3) is 10.2 Å². The first kappa shape index (κ1) is 23.6. The smallest absolute Gasteiger partial charge is 0.395 e. The van der Waals surface area contributed by atoms with Gasteiger partial charge in [-0.3, -0.25) is 5.32 Å². The van der Waals surface area contributed by atoms with E-state index in [0.29, 0.717) is 11.2 Å². The van der Waals surface area contributed by atoms with Gasteiger partial charge in [0.2, 0.25) is 5.60 Å². The predicted molar refractivity (Wildman–Crippen MR) is 117 cm³/mol. The Kier molecular flexibility index (Phi) is 6.25. The summed E-state index contributed by atoms with van der Waals surface area (Å²) in [5.74, 6) is -1.15. The largest absolute Gasteiger partial charge is 0.428 e. The number of carbonyl (C=O) groups excluding carboxylic acids is 1. The van der Waals surface area contributed by atoms with E-state index >= 15 is 0 Å². The molecule has 2 aromatic carbocycles. The number of hydrogen-bond donors (Lipinski definition) is 4. The maximum atomic E-state index is 14.1. The van der Waals surface area contributed by atoms with Gasteiger partial charge < -0.3 is 20.1 Å². The van der Waals surface area contributed by atoms with Gasteiger partial charge in [-0.05, 0) is 36.4 Å². The van der Waals surface area contributed by atoms with Crippen LogP contribution in [0.1, 0.15) is 11.4 Å². The molecule has 0 aliphatic heterocycles. The van der Waals surface area contributed by atoms with Crippen molar-refractivity contribution >= 4 is 38.4 Å². The molecule has 2 amide bonds. The fourth-order valence-electron chi connectivity index (χ4n) is 3.33. The highest BCUT2D eigenvalue weighted by molar-refractivity contribution is 7.22. The average Bonchev–Trinajstić information content (AvgIpc) is 3.40. The summed E-state index contributed by atoms with van der Waals surface area (Å²) >= 11 is 0.903. The lowest BCUT2D eigenvalue weighted by Gasteiger charge is -2.30. The lowest BCUT2D eigenvalue weighted by molar-refractivity contribution is -0.252. The minimum atomic E-state index is -5.12. The Morgan fingerprint density at radius 2 is 1.85 bits per heavy atom. The Morgan fingerprint density at radius 1 is 1.12 bits per heavy atom. The Balaban J connectivity index is 1.64. The van der Waals surface area contributed by atoms with E-state index in [1.807, 2.05) is 0 Å². The maximum Gasteiger partial charge on any atom is 0.428 e. The first-order chi connectivity index (χ1) is 16.1. The van der Waals surface area contributed by atoms with Crippen LogP contribution in [-0.2, 0) is 12.1 Å². The molecule has 1 unspecified atom stereocenters. The molecule has 0 fully saturated rings. The van der Waals surface area contributed by atoms with Crippen molar-refractivity contribution in [3.05, 3.63) is 72.1 Å². The number of alkyl halides is 3. The number of urea groups is 1. The van der Waals surface area contributed by atoms with Gasteiger partial charge >= 0.3 is 12.2 Å². The molecule has 4 rings (SSSR count). The molecule has 0 bridgehead atoms. The molecule has 0 saturated heterocycles. The highest BCUT2D eigenvalue weighted by Crippen LogP contribution is 2.44. The van der Waals surface area contributed by atoms with E-state index in [1.165, 1.54) is 36.5 Å². The van der Waals surface area contributed by atoms with Crippen molar-refractivity contribution in [2.75, 3.05) is 17.2 Å². The summed E-state index contributed by atoms with van der Waals surface area (Å²) in [6.45, 7) is -0.631. The number of nitrogens with zero attached hydrogens (tertiary/aromatic N) is 3. The molecule has 2 aromatic heterocycles. The van der Waals surface area contributed by atoms with E-state index in [4.69, 9.17) is 5.11 Å². The molecule has 8 nitrogen and oxygen atoms in total. The van der Waals surface area contributed by atoms with Gasteiger partial charge in [-0.25, -0.2) is 19.2 Å². The summed E-state index contributed by atoms with van der Waals surface area (Å²) < 4.78 is 56.6. The van der Waals surface area contributed by atoms with Crippen molar-refractivity contribution in [3.8, 4) is 0 Å². The van der Waals surface area contributed by atoms with Gasteiger partial charge in [0.1, 0.15) is 5.82 Å². The van der Waals surface area contributed by atoms with Crippen molar-refractivity contribution in [2.24, 2.45) is 0 Å². The SMILES string of the molecule is O=C(Nc1ccc(F)cc1)Nc1nc2ccc(C(O)(c3nccn3CCO)C(F)(F)F)cc2s1. The summed E-state index contributed by atoms with van der Waals surface area (Å²) in [6.07, 6.45) is -2.79. The number of thiazole rings is 1. The van der Waals surface area contributed by atoms with Gasteiger partial charge in [-0.15, -0.1) is 0 Å². The molecule has 0 saturated carbocycles. The number of carbonyl (C=O) groups is 1. The number of benzene rings is 2. The monoisotopic (exact) mass is 495 g/mol. The molecule has 34 heavy (non-hydrogen) atoms. The number of rotatable bonds is 6. The topological polar surface area (TPSA) is 112 Å². The van der Waals surface area contributed by atoms with Crippen molar-refractivity contribution in [3.63, 3.8) is 0 Å². The van der Waals surface area contributed by atoms with Gasteiger partial charge in [0.25, 0.3) is 0 Å². The predicted octanol–water partition coefficient (Wildman–Crippen LogP) is 4.07. The highest BCUT2D eigenvalue weighted by atomic mass is 32.1. The maximum absolute atomic E-state index is 14.1. The van der Waals surface area contributed by atoms with Crippen LogP contribution >= 0.6 is 11.3 Å². The number of amides is 2. The third kappa shape index (κ3) is 4.44. The van der Waals surface area contributed by atoms with Crippen LogP contribution in [0.2, 0.25) is 0 Å². The average molecular weight is 495 g/mol. The molecule has 0 aliphatic carbocycles. The Labute approximate surface area is 193 Å². The van der Waals surface area contributed by atoms with Crippen molar-refractivity contribution in [2.45, 2.75) is 18.3 Å². The number of fused-ring (bicyclic) bond motifs is 1. The quantitative estimate of drug-likeness (QED) is 0.302. The van der Waals surface area contributed by atoms with Gasteiger partial charge in [0, 0.05) is 30.2 Å². The molecule has 0 aliphatic rings. The summed E-state index contributed by atoms with van der Waals surface area (Å²) in [7, 11) is 0. The van der Waals surface area contributed by atoms with Gasteiger partial charge in [-0.1, -0.05) is 17.4 Å². The minimum absolute atomic E-state index is 0.101. The highest BCUT2D eigenvalue weighted by Gasteiger charge is 2.59. The second kappa shape index (κ2) is 9.00. The first-order valence-corrected chi connectivity index (χ1v) is 10.6. The normalized spacial score (nSPS) is 13.6. The van der Waals surface area contributed by atoms with E-state index in [1.54, 1.807) is 0 Å². The van der Waals surface area contributed by atoms with Crippen LogP contribution in [-0.4, -0.2) is 43.6 Å². The van der Waals surface area contributed by atoms with Crippen LogP contribution in [0.5, 0.6) is 0 Å². The molecule has 0 spiro atoms. The molecule has 4 N–H and O–H groups in total. The van der Waals surface area contributed by atoms with E-state index in [-0.39, 0.29) is 16.4 Å². The molecular weight excluding hydrogens is 478 g/mol. The zero-order valence-corrected chi connectivity index (χ0v) is 18.0. The van der Waals surface area contributed by atoms with Crippen molar-refractivity contribution in [1.29, 1.82) is 0 Å². The lowest BCUT2D eigenvalue weighted by atomic mass is 9.91. The van der Waals surface area contributed by atoms with Gasteiger partial charge in [0.05, 0.1) is 16.8 Å². The second-order valence-corrected chi connectivity index (χ2v) is 8.19. The van der Waals surface area contributed by atoms with Gasteiger partial charge in [-0.2, -0.15) is 13.2 Å². The Bertz CT molecular complexity index is 1320. The third-order valence-electron chi connectivity index (χ3n) is 4.92. The standard InChI is InChI=1S/C21H17F4N5O3S/c22-13-2-4-14(5-3-13)27-18(32)29-19-28-15-6-1-12(11-16(15)34-19)20(33,21(23,24)25)17-26-7-8-30(17)9-10-31/h1-8,11,31,33H,9-10H2,(H2,27,28,29,32). The summed E-state index contributed by atoms with van der Waals surface area (Å²) in [4.78, 5) is 20.1. The van der Waals surface area contributed by atoms with E-state index in [2.05, 4.69) is 20.6 Å². The number of aliphatic hydroxyl groups excluding tert-OH is 1. The summed E-state index contributed by atoms with van der Waals surface area (Å²) in [5, 5.41) is 25.1. The molecule has 178 valence electrons. The third-order valence-corrected chi connectivity index (χ3v) is 5.85. The van der Waals surface area contributed by atoms with Crippen molar-refractivity contribution < 1.29 is 32.6 Å². The number of anilines is 2. The fourth-order valence-corrected chi connectivity index (χ4v) is 4.23. The molecule has 2 heterocycles. The van der Waals surface area contributed by atoms with Crippen LogP contribution in [0.15, 0.2) is 54.9 Å². The zero-order chi connectivity index (χ0) is 24.5. The number of imidazole rings is 1. The molecule has 0 radical (unpaired) electrons. The zero-order valence-electron chi connectivity index (χ0n) is 17.2. The van der Waals surface area contributed by atoms with Crippen LogP contribution in [0.3, 0.4) is 0 Å². The molecular formula is C21H17F4N5O3S. The Hall–Kier alpha value is -3.55. The number of aliphatic hydroxyl groups is 2. The van der Waals surface area contributed by atoms with E-state index in [9.17, 15) is 27.5 Å². The summed E-state index contributed by atoms with van der Waals surface area (Å²) in [5.41, 5.74) is -3.31. The molecule has 13 heteroatoms. The molecule has 1 atom stereocenters. The lowest BCUT2D eigenvalue weighted by Crippen LogP contribution is -2.45. The fraction of sp³-hybridized carbons (Fsp3) is 0.190.